The summed E-state index contributed by atoms with van der Waals surface area (Å²) >= 11 is 1.77. The van der Waals surface area contributed by atoms with Crippen molar-refractivity contribution >= 4 is 17.0 Å². The van der Waals surface area contributed by atoms with Gasteiger partial charge in [-0.2, -0.15) is 11.3 Å². The van der Waals surface area contributed by atoms with Crippen LogP contribution in [0.1, 0.15) is 32.6 Å². The summed E-state index contributed by atoms with van der Waals surface area (Å²) in [6, 6.07) is 2.91. The fraction of sp³-hybridized carbons (Fsp3) is 0.636. The second-order valence-corrected chi connectivity index (χ2v) is 4.72. The van der Waals surface area contributed by atoms with Crippen molar-refractivity contribution in [1.29, 1.82) is 0 Å². The van der Waals surface area contributed by atoms with Crippen molar-refractivity contribution in [1.82, 2.24) is 0 Å². The van der Waals surface area contributed by atoms with Gasteiger partial charge in [-0.3, -0.25) is 0 Å². The highest BCUT2D eigenvalue weighted by Gasteiger charge is 2.22. The molecule has 0 saturated heterocycles. The van der Waals surface area contributed by atoms with E-state index in [0.717, 1.165) is 12.0 Å². The van der Waals surface area contributed by atoms with Crippen LogP contribution in [0.15, 0.2) is 16.8 Å². The molecule has 1 fully saturated rings. The third-order valence-electron chi connectivity index (χ3n) is 3.01. The molecule has 1 N–H and O–H groups in total. The number of hydrogen-bond donors (Lipinski definition) is 1. The lowest BCUT2D eigenvalue weighted by Gasteiger charge is -2.12. The molecule has 0 bridgehead atoms. The van der Waals surface area contributed by atoms with Crippen molar-refractivity contribution in [3.63, 3.8) is 0 Å². The van der Waals surface area contributed by atoms with Crippen LogP contribution in [-0.4, -0.2) is 6.04 Å². The molecule has 72 valence electrons. The maximum atomic E-state index is 3.60. The highest BCUT2D eigenvalue weighted by molar-refractivity contribution is 7.08. The maximum Gasteiger partial charge on any atom is 0.0450 e. The fourth-order valence-electron chi connectivity index (χ4n) is 2.16. The van der Waals surface area contributed by atoms with E-state index in [2.05, 4.69) is 29.1 Å². The first-order valence-corrected chi connectivity index (χ1v) is 6.11. The second-order valence-electron chi connectivity index (χ2n) is 3.94. The summed E-state index contributed by atoms with van der Waals surface area (Å²) in [5.74, 6) is 0.969. The van der Waals surface area contributed by atoms with Gasteiger partial charge in [0.15, 0.2) is 0 Å². The molecule has 0 aromatic carbocycles. The van der Waals surface area contributed by atoms with Crippen LogP contribution in [0.25, 0.3) is 0 Å². The highest BCUT2D eigenvalue weighted by atomic mass is 32.1. The van der Waals surface area contributed by atoms with E-state index in [1.165, 1.54) is 31.4 Å². The Bertz CT molecular complexity index is 243. The average Bonchev–Trinajstić information content (AvgIpc) is 2.76. The molecular formula is C11H17NS. The first-order chi connectivity index (χ1) is 6.38. The summed E-state index contributed by atoms with van der Waals surface area (Å²) < 4.78 is 0. The number of nitrogens with one attached hydrogen (secondary N) is 1. The molecule has 1 nitrogen and oxygen atoms in total. The summed E-state index contributed by atoms with van der Waals surface area (Å²) in [4.78, 5) is 0. The van der Waals surface area contributed by atoms with Gasteiger partial charge < -0.3 is 5.32 Å². The minimum absolute atomic E-state index is 0.736. The summed E-state index contributed by atoms with van der Waals surface area (Å²) in [5.41, 5.74) is 1.31. The first kappa shape index (κ1) is 9.07. The minimum Gasteiger partial charge on any atom is -0.382 e. The molecule has 2 heteroatoms. The van der Waals surface area contributed by atoms with Crippen molar-refractivity contribution in [2.24, 2.45) is 5.92 Å². The second kappa shape index (κ2) is 4.14. The van der Waals surface area contributed by atoms with Crippen LogP contribution in [-0.2, 0) is 0 Å². The molecule has 2 rings (SSSR count). The van der Waals surface area contributed by atoms with E-state index in [1.54, 1.807) is 11.3 Å². The van der Waals surface area contributed by atoms with Crippen molar-refractivity contribution in [2.45, 2.75) is 38.6 Å². The summed E-state index contributed by atoms with van der Waals surface area (Å²) in [6.07, 6.45) is 5.49. The van der Waals surface area contributed by atoms with Gasteiger partial charge in [0.1, 0.15) is 0 Å². The van der Waals surface area contributed by atoms with Gasteiger partial charge in [-0.25, -0.2) is 0 Å². The average molecular weight is 195 g/mol. The Morgan fingerprint density at radius 3 is 3.08 bits per heavy atom. The van der Waals surface area contributed by atoms with Crippen molar-refractivity contribution < 1.29 is 0 Å². The van der Waals surface area contributed by atoms with Crippen molar-refractivity contribution in [3.8, 4) is 0 Å². The Morgan fingerprint density at radius 1 is 1.54 bits per heavy atom. The molecule has 1 aliphatic carbocycles. The SMILES string of the molecule is CCC1CCC(Nc2ccsc2)C1. The standard InChI is InChI=1S/C11H17NS/c1-2-9-3-4-10(7-9)12-11-5-6-13-8-11/h5-6,8-10,12H,2-4,7H2,1H3. The number of anilines is 1. The lowest BCUT2D eigenvalue weighted by Crippen LogP contribution is -2.14. The van der Waals surface area contributed by atoms with E-state index in [-0.39, 0.29) is 0 Å². The third kappa shape index (κ3) is 2.25. The molecular weight excluding hydrogens is 178 g/mol. The van der Waals surface area contributed by atoms with Crippen LogP contribution in [0.2, 0.25) is 0 Å². The van der Waals surface area contributed by atoms with E-state index in [4.69, 9.17) is 0 Å². The van der Waals surface area contributed by atoms with E-state index in [0.29, 0.717) is 0 Å². The Morgan fingerprint density at radius 2 is 2.46 bits per heavy atom. The highest BCUT2D eigenvalue weighted by Crippen LogP contribution is 2.30. The molecule has 2 unspecified atom stereocenters. The molecule has 1 aromatic rings. The van der Waals surface area contributed by atoms with E-state index in [9.17, 15) is 0 Å². The van der Waals surface area contributed by atoms with Gasteiger partial charge >= 0.3 is 0 Å². The molecule has 1 saturated carbocycles. The lowest BCUT2D eigenvalue weighted by atomic mass is 10.1. The number of thiophene rings is 1. The monoisotopic (exact) mass is 195 g/mol. The van der Waals surface area contributed by atoms with Gasteiger partial charge in [0, 0.05) is 17.1 Å². The van der Waals surface area contributed by atoms with Gasteiger partial charge in [0.05, 0.1) is 0 Å². The van der Waals surface area contributed by atoms with E-state index >= 15 is 0 Å². The summed E-state index contributed by atoms with van der Waals surface area (Å²) in [6.45, 7) is 2.30. The molecule has 0 radical (unpaired) electrons. The van der Waals surface area contributed by atoms with Gasteiger partial charge in [-0.1, -0.05) is 13.3 Å². The van der Waals surface area contributed by atoms with Crippen LogP contribution in [0.3, 0.4) is 0 Å². The van der Waals surface area contributed by atoms with E-state index < -0.39 is 0 Å². The zero-order valence-electron chi connectivity index (χ0n) is 8.12. The van der Waals surface area contributed by atoms with Gasteiger partial charge in [0.25, 0.3) is 0 Å². The molecule has 2 atom stereocenters. The molecule has 0 aliphatic heterocycles. The third-order valence-corrected chi connectivity index (χ3v) is 3.69. The minimum atomic E-state index is 0.736. The van der Waals surface area contributed by atoms with Crippen LogP contribution in [0.4, 0.5) is 5.69 Å². The maximum absolute atomic E-state index is 3.60. The van der Waals surface area contributed by atoms with Crippen LogP contribution >= 0.6 is 11.3 Å². The molecule has 0 amide bonds. The topological polar surface area (TPSA) is 12.0 Å². The summed E-state index contributed by atoms with van der Waals surface area (Å²) in [5, 5.41) is 7.92. The van der Waals surface area contributed by atoms with Crippen LogP contribution in [0, 0.1) is 5.92 Å². The Kier molecular flexibility index (Phi) is 2.89. The number of hydrogen-bond acceptors (Lipinski definition) is 2. The van der Waals surface area contributed by atoms with Crippen LogP contribution < -0.4 is 5.32 Å². The van der Waals surface area contributed by atoms with E-state index in [1.807, 2.05) is 0 Å². The Hall–Kier alpha value is -0.500. The quantitative estimate of drug-likeness (QED) is 0.774. The lowest BCUT2D eigenvalue weighted by molar-refractivity contribution is 0.525. The zero-order valence-corrected chi connectivity index (χ0v) is 8.94. The first-order valence-electron chi connectivity index (χ1n) is 5.17. The largest absolute Gasteiger partial charge is 0.382 e. The molecule has 1 heterocycles. The number of rotatable bonds is 3. The smallest absolute Gasteiger partial charge is 0.0450 e. The van der Waals surface area contributed by atoms with Gasteiger partial charge in [-0.15, -0.1) is 0 Å². The predicted molar refractivity (Wildman–Crippen MR) is 59.4 cm³/mol. The normalized spacial score (nSPS) is 27.8. The zero-order chi connectivity index (χ0) is 9.10. The Balaban J connectivity index is 1.84. The molecule has 0 spiro atoms. The van der Waals surface area contributed by atoms with Crippen molar-refractivity contribution in [2.75, 3.05) is 5.32 Å². The summed E-state index contributed by atoms with van der Waals surface area (Å²) in [7, 11) is 0. The Labute approximate surface area is 84.2 Å². The van der Waals surface area contributed by atoms with Gasteiger partial charge in [0.2, 0.25) is 0 Å². The molecule has 1 aromatic heterocycles. The van der Waals surface area contributed by atoms with Gasteiger partial charge in [-0.05, 0) is 36.6 Å². The predicted octanol–water partition coefficient (Wildman–Crippen LogP) is 3.74. The van der Waals surface area contributed by atoms with Crippen molar-refractivity contribution in [3.05, 3.63) is 16.8 Å². The molecule has 13 heavy (non-hydrogen) atoms. The fourth-order valence-corrected chi connectivity index (χ4v) is 2.76. The van der Waals surface area contributed by atoms with Crippen LogP contribution in [0.5, 0.6) is 0 Å². The molecule has 1 aliphatic rings.